The highest BCUT2D eigenvalue weighted by Crippen LogP contribution is 2.20. The van der Waals surface area contributed by atoms with Gasteiger partial charge in [-0.1, -0.05) is 6.92 Å². The van der Waals surface area contributed by atoms with Crippen LogP contribution in [0.25, 0.3) is 0 Å². The molecule has 5 heteroatoms. The van der Waals surface area contributed by atoms with E-state index in [0.717, 1.165) is 17.3 Å². The lowest BCUT2D eigenvalue weighted by Crippen LogP contribution is -1.84. The molecule has 2 aromatic heterocycles. The number of hydrogen-bond acceptors (Lipinski definition) is 4. The summed E-state index contributed by atoms with van der Waals surface area (Å²) >= 11 is 1.43. The molecule has 14 heavy (non-hydrogen) atoms. The number of H-pyrrole nitrogens is 1. The number of rotatable bonds is 3. The van der Waals surface area contributed by atoms with Crippen molar-refractivity contribution >= 4 is 11.8 Å². The van der Waals surface area contributed by atoms with Crippen molar-refractivity contribution < 1.29 is 0 Å². The first kappa shape index (κ1) is 9.21. The predicted octanol–water partition coefficient (Wildman–Crippen LogP) is 1.91. The number of nitrogens with one attached hydrogen (secondary N) is 1. The van der Waals surface area contributed by atoms with Gasteiger partial charge in [-0.15, -0.1) is 0 Å². The quantitative estimate of drug-likeness (QED) is 0.779. The molecule has 0 radical (unpaired) electrons. The molecule has 2 rings (SSSR count). The fourth-order valence-corrected chi connectivity index (χ4v) is 1.68. The Morgan fingerprint density at radius 1 is 1.29 bits per heavy atom. The van der Waals surface area contributed by atoms with Crippen LogP contribution in [0.2, 0.25) is 0 Å². The summed E-state index contributed by atoms with van der Waals surface area (Å²) in [5.74, 6) is 0. The van der Waals surface area contributed by atoms with Gasteiger partial charge < -0.3 is 4.98 Å². The van der Waals surface area contributed by atoms with E-state index < -0.39 is 0 Å². The highest BCUT2D eigenvalue weighted by Gasteiger charge is 2.02. The first-order valence-corrected chi connectivity index (χ1v) is 5.19. The SMILES string of the molecule is CCc1cnc(Sc2ncccn2)[nH]1. The number of imidazole rings is 1. The molecular weight excluding hydrogens is 196 g/mol. The van der Waals surface area contributed by atoms with Crippen molar-refractivity contribution in [3.63, 3.8) is 0 Å². The number of aromatic amines is 1. The Morgan fingerprint density at radius 2 is 2.07 bits per heavy atom. The normalized spacial score (nSPS) is 10.4. The van der Waals surface area contributed by atoms with Crippen LogP contribution in [0.1, 0.15) is 12.6 Å². The molecule has 1 N–H and O–H groups in total. The van der Waals surface area contributed by atoms with E-state index in [0.29, 0.717) is 5.16 Å². The van der Waals surface area contributed by atoms with Gasteiger partial charge in [0.15, 0.2) is 10.3 Å². The second-order valence-electron chi connectivity index (χ2n) is 2.70. The lowest BCUT2D eigenvalue weighted by atomic mass is 10.4. The Labute approximate surface area is 86.2 Å². The van der Waals surface area contributed by atoms with Crippen LogP contribution in [0, 0.1) is 0 Å². The van der Waals surface area contributed by atoms with E-state index in [4.69, 9.17) is 0 Å². The maximum atomic E-state index is 4.21. The van der Waals surface area contributed by atoms with Crippen LogP contribution in [0.3, 0.4) is 0 Å². The minimum atomic E-state index is 0.713. The number of hydrogen-bond donors (Lipinski definition) is 1. The largest absolute Gasteiger partial charge is 0.336 e. The molecule has 72 valence electrons. The van der Waals surface area contributed by atoms with Crippen molar-refractivity contribution in [3.8, 4) is 0 Å². The Bertz CT molecular complexity index is 398. The summed E-state index contributed by atoms with van der Waals surface area (Å²) in [4.78, 5) is 15.6. The summed E-state index contributed by atoms with van der Waals surface area (Å²) in [5.41, 5.74) is 1.13. The van der Waals surface area contributed by atoms with Gasteiger partial charge in [-0.2, -0.15) is 0 Å². The molecule has 0 aliphatic carbocycles. The van der Waals surface area contributed by atoms with Crippen LogP contribution in [0.15, 0.2) is 35.0 Å². The van der Waals surface area contributed by atoms with Gasteiger partial charge in [-0.25, -0.2) is 15.0 Å². The second kappa shape index (κ2) is 4.23. The molecule has 0 amide bonds. The average Bonchev–Trinajstić information content (AvgIpc) is 2.67. The van der Waals surface area contributed by atoms with Crippen LogP contribution in [0.5, 0.6) is 0 Å². The highest BCUT2D eigenvalue weighted by molar-refractivity contribution is 7.99. The third-order valence-electron chi connectivity index (χ3n) is 1.72. The minimum Gasteiger partial charge on any atom is -0.336 e. The molecule has 0 fully saturated rings. The molecule has 0 spiro atoms. The molecule has 2 heterocycles. The van der Waals surface area contributed by atoms with Gasteiger partial charge in [0.1, 0.15) is 0 Å². The van der Waals surface area contributed by atoms with Crippen molar-refractivity contribution in [1.82, 2.24) is 19.9 Å². The van der Waals surface area contributed by atoms with E-state index in [2.05, 4.69) is 26.9 Å². The zero-order valence-corrected chi connectivity index (χ0v) is 8.58. The van der Waals surface area contributed by atoms with E-state index in [1.807, 2.05) is 6.20 Å². The van der Waals surface area contributed by atoms with Crippen molar-refractivity contribution in [2.24, 2.45) is 0 Å². The molecule has 0 saturated carbocycles. The van der Waals surface area contributed by atoms with E-state index in [1.165, 1.54) is 11.8 Å². The van der Waals surface area contributed by atoms with E-state index in [1.54, 1.807) is 18.5 Å². The monoisotopic (exact) mass is 206 g/mol. The lowest BCUT2D eigenvalue weighted by Gasteiger charge is -1.93. The van der Waals surface area contributed by atoms with Crippen molar-refractivity contribution in [1.29, 1.82) is 0 Å². The van der Waals surface area contributed by atoms with E-state index in [-0.39, 0.29) is 0 Å². The van der Waals surface area contributed by atoms with Crippen LogP contribution < -0.4 is 0 Å². The van der Waals surface area contributed by atoms with E-state index in [9.17, 15) is 0 Å². The van der Waals surface area contributed by atoms with Crippen molar-refractivity contribution in [2.45, 2.75) is 23.7 Å². The fraction of sp³-hybridized carbons (Fsp3) is 0.222. The first-order valence-electron chi connectivity index (χ1n) is 4.37. The van der Waals surface area contributed by atoms with Gasteiger partial charge >= 0.3 is 0 Å². The van der Waals surface area contributed by atoms with Crippen molar-refractivity contribution in [2.75, 3.05) is 0 Å². The maximum absolute atomic E-state index is 4.21. The summed E-state index contributed by atoms with van der Waals surface area (Å²) in [6.45, 7) is 2.08. The van der Waals surface area contributed by atoms with Gasteiger partial charge in [-0.05, 0) is 24.2 Å². The predicted molar refractivity (Wildman–Crippen MR) is 54.1 cm³/mol. The van der Waals surface area contributed by atoms with Crippen LogP contribution in [0.4, 0.5) is 0 Å². The zero-order valence-electron chi connectivity index (χ0n) is 7.77. The number of nitrogens with zero attached hydrogens (tertiary/aromatic N) is 3. The zero-order chi connectivity index (χ0) is 9.80. The smallest absolute Gasteiger partial charge is 0.195 e. The molecule has 0 aliphatic rings. The van der Waals surface area contributed by atoms with Gasteiger partial charge in [-0.3, -0.25) is 0 Å². The van der Waals surface area contributed by atoms with E-state index >= 15 is 0 Å². The Morgan fingerprint density at radius 3 is 2.71 bits per heavy atom. The Kier molecular flexibility index (Phi) is 2.78. The molecule has 0 unspecified atom stereocenters. The Balaban J connectivity index is 2.11. The van der Waals surface area contributed by atoms with Gasteiger partial charge in [0, 0.05) is 24.3 Å². The lowest BCUT2D eigenvalue weighted by molar-refractivity contribution is 0.942. The summed E-state index contributed by atoms with van der Waals surface area (Å²) in [5, 5.41) is 1.55. The molecule has 0 saturated heterocycles. The summed E-state index contributed by atoms with van der Waals surface area (Å²) < 4.78 is 0. The topological polar surface area (TPSA) is 54.5 Å². The molecule has 0 aromatic carbocycles. The summed E-state index contributed by atoms with van der Waals surface area (Å²) in [6, 6.07) is 1.80. The van der Waals surface area contributed by atoms with Gasteiger partial charge in [0.2, 0.25) is 0 Å². The Hall–Kier alpha value is -1.36. The molecule has 0 atom stereocenters. The van der Waals surface area contributed by atoms with Crippen LogP contribution in [-0.2, 0) is 6.42 Å². The second-order valence-corrected chi connectivity index (χ2v) is 3.66. The van der Waals surface area contributed by atoms with Crippen LogP contribution >= 0.6 is 11.8 Å². The first-order chi connectivity index (χ1) is 6.88. The highest BCUT2D eigenvalue weighted by atomic mass is 32.2. The molecule has 4 nitrogen and oxygen atoms in total. The fourth-order valence-electron chi connectivity index (χ4n) is 0.995. The standard InChI is InChI=1S/C9H10N4S/c1-2-7-6-12-9(13-7)14-8-10-4-3-5-11-8/h3-6H,2H2,1H3,(H,12,13). The van der Waals surface area contributed by atoms with Crippen LogP contribution in [-0.4, -0.2) is 19.9 Å². The molecule has 2 aromatic rings. The average molecular weight is 206 g/mol. The number of aryl methyl sites for hydroxylation is 1. The van der Waals surface area contributed by atoms with Gasteiger partial charge in [0.05, 0.1) is 0 Å². The molecule has 0 bridgehead atoms. The minimum absolute atomic E-state index is 0.713. The van der Waals surface area contributed by atoms with Gasteiger partial charge in [0.25, 0.3) is 0 Å². The summed E-state index contributed by atoms with van der Waals surface area (Å²) in [6.07, 6.45) is 6.24. The maximum Gasteiger partial charge on any atom is 0.195 e. The summed E-state index contributed by atoms with van der Waals surface area (Å²) in [7, 11) is 0. The number of aromatic nitrogens is 4. The third-order valence-corrected chi connectivity index (χ3v) is 2.51. The molecule has 0 aliphatic heterocycles. The molecular formula is C9H10N4S. The van der Waals surface area contributed by atoms with Crippen molar-refractivity contribution in [3.05, 3.63) is 30.4 Å². The third kappa shape index (κ3) is 2.11.